The second kappa shape index (κ2) is 7.63. The number of alkyl halides is 3. The van der Waals surface area contributed by atoms with Crippen LogP contribution in [0.3, 0.4) is 0 Å². The third kappa shape index (κ3) is 4.65. The van der Waals surface area contributed by atoms with E-state index in [1.807, 2.05) is 12.1 Å². The van der Waals surface area contributed by atoms with Crippen molar-refractivity contribution in [3.05, 3.63) is 53.2 Å². The van der Waals surface area contributed by atoms with E-state index in [4.69, 9.17) is 0 Å². The third-order valence-corrected chi connectivity index (χ3v) is 4.09. The molecule has 8 heteroatoms. The van der Waals surface area contributed by atoms with Crippen LogP contribution >= 0.6 is 0 Å². The number of halogens is 3. The van der Waals surface area contributed by atoms with E-state index in [1.165, 1.54) is 17.7 Å². The molecule has 2 amide bonds. The normalized spacial score (nSPS) is 13.5. The van der Waals surface area contributed by atoms with E-state index in [-0.39, 0.29) is 0 Å². The summed E-state index contributed by atoms with van der Waals surface area (Å²) in [6, 6.07) is 7.83. The summed E-state index contributed by atoms with van der Waals surface area (Å²) in [5.41, 5.74) is 1.61. The van der Waals surface area contributed by atoms with Crippen molar-refractivity contribution in [3.8, 4) is 0 Å². The predicted octanol–water partition coefficient (Wildman–Crippen LogP) is 3.82. The van der Waals surface area contributed by atoms with Gasteiger partial charge in [0.05, 0.1) is 5.56 Å². The van der Waals surface area contributed by atoms with Gasteiger partial charge in [0.2, 0.25) is 0 Å². The topological polar surface area (TPSA) is 66.0 Å². The molecule has 0 aliphatic carbocycles. The largest absolute Gasteiger partial charge is 0.416 e. The fourth-order valence-corrected chi connectivity index (χ4v) is 2.73. The van der Waals surface area contributed by atoms with Crippen LogP contribution < -0.4 is 16.0 Å². The van der Waals surface area contributed by atoms with Crippen LogP contribution in [0.25, 0.3) is 0 Å². The van der Waals surface area contributed by atoms with Gasteiger partial charge in [0.1, 0.15) is 5.82 Å². The van der Waals surface area contributed by atoms with Gasteiger partial charge in [-0.05, 0) is 48.7 Å². The van der Waals surface area contributed by atoms with Crippen LogP contribution in [-0.4, -0.2) is 24.1 Å². The summed E-state index contributed by atoms with van der Waals surface area (Å²) in [7, 11) is 0. The number of aryl methyl sites for hydroxylation is 1. The first-order valence-electron chi connectivity index (χ1n) is 8.36. The van der Waals surface area contributed by atoms with E-state index in [0.29, 0.717) is 18.7 Å². The van der Waals surface area contributed by atoms with E-state index in [0.717, 1.165) is 43.0 Å². The first-order valence-corrected chi connectivity index (χ1v) is 8.36. The number of nitrogens with zero attached hydrogens (tertiary/aromatic N) is 1. The van der Waals surface area contributed by atoms with E-state index in [1.54, 1.807) is 0 Å². The Morgan fingerprint density at radius 2 is 1.92 bits per heavy atom. The highest BCUT2D eigenvalue weighted by atomic mass is 19.4. The summed E-state index contributed by atoms with van der Waals surface area (Å²) in [5, 5.41) is 8.44. The third-order valence-electron chi connectivity index (χ3n) is 4.09. The van der Waals surface area contributed by atoms with Crippen LogP contribution in [0, 0.1) is 0 Å². The maximum Gasteiger partial charge on any atom is 0.416 e. The van der Waals surface area contributed by atoms with Crippen molar-refractivity contribution in [1.29, 1.82) is 0 Å². The van der Waals surface area contributed by atoms with Crippen molar-refractivity contribution in [1.82, 2.24) is 10.3 Å². The number of rotatable bonds is 4. The smallest absolute Gasteiger partial charge is 0.370 e. The predicted molar refractivity (Wildman–Crippen MR) is 93.2 cm³/mol. The minimum absolute atomic E-state index is 0.298. The number of hydrogen-bond acceptors (Lipinski definition) is 3. The number of benzene rings is 1. The fraction of sp³-hybridized carbons (Fsp3) is 0.333. The Morgan fingerprint density at radius 1 is 1.15 bits per heavy atom. The maximum absolute atomic E-state index is 12.5. The molecule has 3 rings (SSSR count). The first-order chi connectivity index (χ1) is 12.4. The van der Waals surface area contributed by atoms with Crippen LogP contribution in [-0.2, 0) is 19.0 Å². The monoisotopic (exact) mass is 364 g/mol. The Labute approximate surface area is 149 Å². The molecule has 0 spiro atoms. The molecule has 0 radical (unpaired) electrons. The molecule has 5 nitrogen and oxygen atoms in total. The summed E-state index contributed by atoms with van der Waals surface area (Å²) < 4.78 is 37.5. The molecule has 0 saturated heterocycles. The number of carbonyl (C=O) groups is 1. The van der Waals surface area contributed by atoms with Gasteiger partial charge in [-0.1, -0.05) is 6.07 Å². The minimum atomic E-state index is -4.39. The fourth-order valence-electron chi connectivity index (χ4n) is 2.73. The highest BCUT2D eigenvalue weighted by Crippen LogP contribution is 2.29. The van der Waals surface area contributed by atoms with Gasteiger partial charge in [0, 0.05) is 30.9 Å². The summed E-state index contributed by atoms with van der Waals surface area (Å²) in [5.74, 6) is 0.906. The summed E-state index contributed by atoms with van der Waals surface area (Å²) >= 11 is 0. The van der Waals surface area contributed by atoms with Gasteiger partial charge in [-0.25, -0.2) is 9.78 Å². The van der Waals surface area contributed by atoms with Crippen molar-refractivity contribution in [2.45, 2.75) is 25.4 Å². The van der Waals surface area contributed by atoms with E-state index in [2.05, 4.69) is 20.9 Å². The lowest BCUT2D eigenvalue weighted by Gasteiger charge is -2.17. The molecule has 0 unspecified atom stereocenters. The number of urea groups is 1. The summed E-state index contributed by atoms with van der Waals surface area (Å²) in [4.78, 5) is 16.4. The number of pyridine rings is 1. The van der Waals surface area contributed by atoms with Crippen molar-refractivity contribution < 1.29 is 18.0 Å². The Kier molecular flexibility index (Phi) is 5.29. The molecule has 0 fully saturated rings. The highest BCUT2D eigenvalue weighted by Gasteiger charge is 2.29. The average Bonchev–Trinajstić information content (AvgIpc) is 2.61. The Hall–Kier alpha value is -2.77. The molecule has 2 heterocycles. The molecule has 138 valence electrons. The first kappa shape index (κ1) is 18.0. The van der Waals surface area contributed by atoms with Gasteiger partial charge in [0.15, 0.2) is 0 Å². The molecular weight excluding hydrogens is 345 g/mol. The molecule has 1 aliphatic heterocycles. The van der Waals surface area contributed by atoms with Crippen molar-refractivity contribution in [2.24, 2.45) is 0 Å². The molecule has 2 aromatic rings. The lowest BCUT2D eigenvalue weighted by Crippen LogP contribution is -2.30. The minimum Gasteiger partial charge on any atom is -0.370 e. The number of aromatic nitrogens is 1. The molecule has 1 aliphatic rings. The second-order valence-electron chi connectivity index (χ2n) is 6.05. The second-order valence-corrected chi connectivity index (χ2v) is 6.05. The number of amides is 2. The number of carbonyl (C=O) groups excluding carboxylic acids is 1. The standard InChI is InChI=1S/C18H19F3N4O/c19-18(20,21)13-4-7-14(8-5-13)25-17(26)23-11-9-15-6-3-12-2-1-10-22-16(12)24-15/h3-8H,1-2,9-11H2,(H,22,24)(H2,23,25,26). The molecule has 0 saturated carbocycles. The maximum atomic E-state index is 12.5. The zero-order valence-electron chi connectivity index (χ0n) is 14.0. The number of nitrogens with one attached hydrogen (secondary N) is 3. The quantitative estimate of drug-likeness (QED) is 0.773. The number of anilines is 2. The summed E-state index contributed by atoms with van der Waals surface area (Å²) in [6.07, 6.45) is -1.71. The van der Waals surface area contributed by atoms with Crippen LogP contribution in [0.1, 0.15) is 23.2 Å². The van der Waals surface area contributed by atoms with Crippen LogP contribution in [0.4, 0.5) is 29.5 Å². The molecule has 3 N–H and O–H groups in total. The van der Waals surface area contributed by atoms with Gasteiger partial charge in [-0.2, -0.15) is 13.2 Å². The molecule has 1 aromatic carbocycles. The molecule has 26 heavy (non-hydrogen) atoms. The van der Waals surface area contributed by atoms with Crippen LogP contribution in [0.15, 0.2) is 36.4 Å². The van der Waals surface area contributed by atoms with Crippen molar-refractivity contribution in [3.63, 3.8) is 0 Å². The molecule has 0 atom stereocenters. The average molecular weight is 364 g/mol. The van der Waals surface area contributed by atoms with E-state index >= 15 is 0 Å². The van der Waals surface area contributed by atoms with Gasteiger partial charge in [0.25, 0.3) is 0 Å². The van der Waals surface area contributed by atoms with Gasteiger partial charge in [-0.3, -0.25) is 0 Å². The Morgan fingerprint density at radius 3 is 2.65 bits per heavy atom. The van der Waals surface area contributed by atoms with E-state index in [9.17, 15) is 18.0 Å². The zero-order chi connectivity index (χ0) is 18.6. The van der Waals surface area contributed by atoms with Crippen LogP contribution in [0.5, 0.6) is 0 Å². The van der Waals surface area contributed by atoms with Crippen molar-refractivity contribution in [2.75, 3.05) is 23.7 Å². The van der Waals surface area contributed by atoms with Gasteiger partial charge in [-0.15, -0.1) is 0 Å². The SMILES string of the molecule is O=C(NCCc1ccc2c(n1)NCCC2)Nc1ccc(C(F)(F)F)cc1. The zero-order valence-corrected chi connectivity index (χ0v) is 14.0. The highest BCUT2D eigenvalue weighted by molar-refractivity contribution is 5.89. The van der Waals surface area contributed by atoms with Gasteiger partial charge < -0.3 is 16.0 Å². The lowest BCUT2D eigenvalue weighted by atomic mass is 10.1. The number of hydrogen-bond donors (Lipinski definition) is 3. The summed E-state index contributed by atoms with van der Waals surface area (Å²) in [6.45, 7) is 1.29. The van der Waals surface area contributed by atoms with Crippen LogP contribution in [0.2, 0.25) is 0 Å². The van der Waals surface area contributed by atoms with E-state index < -0.39 is 17.8 Å². The molecule has 1 aromatic heterocycles. The lowest BCUT2D eigenvalue weighted by molar-refractivity contribution is -0.137. The Balaban J connectivity index is 1.47. The molecular formula is C18H19F3N4O. The van der Waals surface area contributed by atoms with Gasteiger partial charge >= 0.3 is 12.2 Å². The number of fused-ring (bicyclic) bond motifs is 1. The Bertz CT molecular complexity index is 775. The van der Waals surface area contributed by atoms with Crippen molar-refractivity contribution >= 4 is 17.5 Å². The molecule has 0 bridgehead atoms.